The van der Waals surface area contributed by atoms with E-state index in [1.807, 2.05) is 6.92 Å². The van der Waals surface area contributed by atoms with Gasteiger partial charge in [-0.25, -0.2) is 4.79 Å². The normalized spacial score (nSPS) is 21.0. The van der Waals surface area contributed by atoms with Crippen molar-refractivity contribution in [3.63, 3.8) is 0 Å². The highest BCUT2D eigenvalue weighted by molar-refractivity contribution is 5.85. The van der Waals surface area contributed by atoms with Crippen molar-refractivity contribution in [2.45, 2.75) is 13.0 Å². The first kappa shape index (κ1) is 14.3. The number of amides is 2. The minimum atomic E-state index is 0. The number of rotatable bonds is 2. The number of nitrogens with two attached hydrogens (primary N) is 1. The number of nitrogens with one attached hydrogen (secondary N) is 1. The third kappa shape index (κ3) is 3.47. The molecule has 0 radical (unpaired) electrons. The molecule has 1 saturated heterocycles. The number of hydrogen-bond donors (Lipinski definition) is 2. The minimum absolute atomic E-state index is 0. The number of halogens is 2. The van der Waals surface area contributed by atoms with E-state index in [-0.39, 0.29) is 36.9 Å². The number of carbonyl (C=O) groups excluding carboxylic acids is 1. The molecular weight excluding hydrogens is 201 g/mol. The van der Waals surface area contributed by atoms with Gasteiger partial charge in [0.15, 0.2) is 0 Å². The maximum Gasteiger partial charge on any atom is 0.317 e. The average molecular weight is 216 g/mol. The van der Waals surface area contributed by atoms with Crippen LogP contribution in [0.5, 0.6) is 0 Å². The first-order valence-electron chi connectivity index (χ1n) is 3.49. The van der Waals surface area contributed by atoms with Gasteiger partial charge in [0.05, 0.1) is 0 Å². The predicted molar refractivity (Wildman–Crippen MR) is 53.1 cm³/mol. The molecule has 1 aliphatic rings. The fourth-order valence-corrected chi connectivity index (χ4v) is 1.11. The van der Waals surface area contributed by atoms with Crippen molar-refractivity contribution in [1.82, 2.24) is 10.2 Å². The average Bonchev–Trinajstić information content (AvgIpc) is 2.13. The van der Waals surface area contributed by atoms with Crippen LogP contribution in [0.25, 0.3) is 0 Å². The van der Waals surface area contributed by atoms with Crippen LogP contribution in [0, 0.1) is 0 Å². The van der Waals surface area contributed by atoms with Gasteiger partial charge in [-0.2, -0.15) is 0 Å². The molecule has 1 heterocycles. The Kier molecular flexibility index (Phi) is 7.58. The van der Waals surface area contributed by atoms with E-state index < -0.39 is 0 Å². The molecule has 74 valence electrons. The monoisotopic (exact) mass is 215 g/mol. The summed E-state index contributed by atoms with van der Waals surface area (Å²) in [7, 11) is 0. The number of carbonyl (C=O) groups is 1. The molecule has 4 nitrogen and oxygen atoms in total. The first-order chi connectivity index (χ1) is 4.74. The van der Waals surface area contributed by atoms with Gasteiger partial charge in [0.1, 0.15) is 0 Å². The Labute approximate surface area is 84.7 Å². The summed E-state index contributed by atoms with van der Waals surface area (Å²) in [6.07, 6.45) is 0. The van der Waals surface area contributed by atoms with Crippen LogP contribution in [0.1, 0.15) is 6.92 Å². The molecule has 1 fully saturated rings. The first-order valence-corrected chi connectivity index (χ1v) is 3.49. The Morgan fingerprint density at radius 2 is 2.25 bits per heavy atom. The molecule has 1 rings (SSSR count). The topological polar surface area (TPSA) is 58.4 Å². The SMILES string of the molecule is CC1CN(CCN)C(=O)N1.Cl.Cl. The molecule has 1 unspecified atom stereocenters. The standard InChI is InChI=1S/C6H13N3O.2ClH/c1-5-4-9(3-2-7)6(10)8-5;;/h5H,2-4,7H2,1H3,(H,8,10);2*1H. The summed E-state index contributed by atoms with van der Waals surface area (Å²) in [6, 6.07) is 0.289. The minimum Gasteiger partial charge on any atom is -0.334 e. The fourth-order valence-electron chi connectivity index (χ4n) is 1.11. The zero-order valence-corrected chi connectivity index (χ0v) is 8.58. The van der Waals surface area contributed by atoms with Gasteiger partial charge in [-0.1, -0.05) is 0 Å². The Morgan fingerprint density at radius 1 is 1.67 bits per heavy atom. The Hall–Kier alpha value is -0.190. The lowest BCUT2D eigenvalue weighted by molar-refractivity contribution is 0.218. The van der Waals surface area contributed by atoms with E-state index in [1.54, 1.807) is 4.90 Å². The lowest BCUT2D eigenvalue weighted by Gasteiger charge is -2.11. The summed E-state index contributed by atoms with van der Waals surface area (Å²) in [5.74, 6) is 0. The fraction of sp³-hybridized carbons (Fsp3) is 0.833. The molecule has 6 heteroatoms. The highest BCUT2D eigenvalue weighted by Crippen LogP contribution is 2.00. The van der Waals surface area contributed by atoms with Gasteiger partial charge in [0, 0.05) is 25.7 Å². The van der Waals surface area contributed by atoms with Gasteiger partial charge in [0.2, 0.25) is 0 Å². The van der Waals surface area contributed by atoms with Gasteiger partial charge in [-0.15, -0.1) is 24.8 Å². The zero-order valence-electron chi connectivity index (χ0n) is 6.95. The summed E-state index contributed by atoms with van der Waals surface area (Å²) < 4.78 is 0. The van der Waals surface area contributed by atoms with Crippen molar-refractivity contribution in [3.05, 3.63) is 0 Å². The second kappa shape index (κ2) is 6.34. The van der Waals surface area contributed by atoms with Crippen LogP contribution in [-0.2, 0) is 0 Å². The van der Waals surface area contributed by atoms with Crippen LogP contribution < -0.4 is 11.1 Å². The maximum atomic E-state index is 10.9. The molecule has 3 N–H and O–H groups in total. The van der Waals surface area contributed by atoms with Crippen molar-refractivity contribution >= 4 is 30.8 Å². The Morgan fingerprint density at radius 3 is 2.58 bits per heavy atom. The smallest absolute Gasteiger partial charge is 0.317 e. The molecule has 1 aliphatic heterocycles. The van der Waals surface area contributed by atoms with Crippen molar-refractivity contribution in [2.24, 2.45) is 5.73 Å². The van der Waals surface area contributed by atoms with E-state index in [0.29, 0.717) is 13.1 Å². The highest BCUT2D eigenvalue weighted by Gasteiger charge is 2.23. The van der Waals surface area contributed by atoms with Crippen LogP contribution >= 0.6 is 24.8 Å². The van der Waals surface area contributed by atoms with Crippen LogP contribution in [0.15, 0.2) is 0 Å². The van der Waals surface area contributed by atoms with E-state index in [9.17, 15) is 4.79 Å². The lowest BCUT2D eigenvalue weighted by atomic mass is 10.4. The second-order valence-electron chi connectivity index (χ2n) is 2.59. The van der Waals surface area contributed by atoms with Crippen molar-refractivity contribution in [2.75, 3.05) is 19.6 Å². The maximum absolute atomic E-state index is 10.9. The summed E-state index contributed by atoms with van der Waals surface area (Å²) in [6.45, 7) is 3.97. The summed E-state index contributed by atoms with van der Waals surface area (Å²) >= 11 is 0. The van der Waals surface area contributed by atoms with Crippen LogP contribution in [0.4, 0.5) is 4.79 Å². The van der Waals surface area contributed by atoms with E-state index >= 15 is 0 Å². The third-order valence-electron chi connectivity index (χ3n) is 1.55. The van der Waals surface area contributed by atoms with Crippen molar-refractivity contribution < 1.29 is 4.79 Å². The van der Waals surface area contributed by atoms with Gasteiger partial charge in [-0.05, 0) is 6.92 Å². The van der Waals surface area contributed by atoms with Gasteiger partial charge < -0.3 is 16.0 Å². The molecule has 0 aromatic heterocycles. The summed E-state index contributed by atoms with van der Waals surface area (Å²) in [5.41, 5.74) is 5.29. The van der Waals surface area contributed by atoms with Crippen LogP contribution in [-0.4, -0.2) is 36.6 Å². The molecule has 0 bridgehead atoms. The third-order valence-corrected chi connectivity index (χ3v) is 1.55. The molecule has 0 aliphatic carbocycles. The number of nitrogens with zero attached hydrogens (tertiary/aromatic N) is 1. The van der Waals surface area contributed by atoms with E-state index in [1.165, 1.54) is 0 Å². The molecule has 0 spiro atoms. The number of hydrogen-bond acceptors (Lipinski definition) is 2. The van der Waals surface area contributed by atoms with Crippen molar-refractivity contribution in [3.8, 4) is 0 Å². The van der Waals surface area contributed by atoms with Gasteiger partial charge in [0.25, 0.3) is 0 Å². The molecular formula is C6H15Cl2N3O. The van der Waals surface area contributed by atoms with Crippen molar-refractivity contribution in [1.29, 1.82) is 0 Å². The molecule has 0 aromatic carbocycles. The van der Waals surface area contributed by atoms with E-state index in [2.05, 4.69) is 5.32 Å². The Balaban J connectivity index is 0. The molecule has 1 atom stereocenters. The van der Waals surface area contributed by atoms with E-state index in [4.69, 9.17) is 5.73 Å². The largest absolute Gasteiger partial charge is 0.334 e. The predicted octanol–water partition coefficient (Wildman–Crippen LogP) is 0.202. The molecule has 0 saturated carbocycles. The highest BCUT2D eigenvalue weighted by atomic mass is 35.5. The van der Waals surface area contributed by atoms with Crippen LogP contribution in [0.3, 0.4) is 0 Å². The second-order valence-corrected chi connectivity index (χ2v) is 2.59. The zero-order chi connectivity index (χ0) is 7.56. The molecule has 0 aromatic rings. The van der Waals surface area contributed by atoms with Gasteiger partial charge in [-0.3, -0.25) is 0 Å². The Bertz CT molecular complexity index is 145. The van der Waals surface area contributed by atoms with Crippen LogP contribution in [0.2, 0.25) is 0 Å². The molecule has 2 amide bonds. The van der Waals surface area contributed by atoms with E-state index in [0.717, 1.165) is 6.54 Å². The molecule has 12 heavy (non-hydrogen) atoms. The number of urea groups is 1. The quantitative estimate of drug-likeness (QED) is 0.692. The lowest BCUT2D eigenvalue weighted by Crippen LogP contribution is -2.32. The van der Waals surface area contributed by atoms with Gasteiger partial charge >= 0.3 is 6.03 Å². The summed E-state index contributed by atoms with van der Waals surface area (Å²) in [4.78, 5) is 12.7. The summed E-state index contributed by atoms with van der Waals surface area (Å²) in [5, 5.41) is 2.78.